The summed E-state index contributed by atoms with van der Waals surface area (Å²) in [4.78, 5) is 30.1. The Morgan fingerprint density at radius 1 is 1.18 bits per heavy atom. The lowest BCUT2D eigenvalue weighted by atomic mass is 10.1. The quantitative estimate of drug-likeness (QED) is 0.386. The van der Waals surface area contributed by atoms with Gasteiger partial charge in [-0.1, -0.05) is 23.3 Å². The molecule has 0 fully saturated rings. The zero-order valence-electron chi connectivity index (χ0n) is 18.2. The van der Waals surface area contributed by atoms with E-state index in [1.165, 1.54) is 16.6 Å². The van der Waals surface area contributed by atoms with Crippen molar-refractivity contribution >= 4 is 23.3 Å². The van der Waals surface area contributed by atoms with Crippen molar-refractivity contribution in [2.75, 3.05) is 5.73 Å². The number of carbonyl (C=O) groups excluding carboxylic acids is 2. The predicted octanol–water partition coefficient (Wildman–Crippen LogP) is 1.90. The molecule has 0 unspecified atom stereocenters. The van der Waals surface area contributed by atoms with E-state index in [0.717, 1.165) is 29.5 Å². The minimum absolute atomic E-state index is 0.00845. The van der Waals surface area contributed by atoms with Gasteiger partial charge in [-0.3, -0.25) is 9.59 Å². The lowest BCUT2D eigenvalue weighted by Gasteiger charge is -2.15. The highest BCUT2D eigenvalue weighted by molar-refractivity contribution is 5.98. The minimum atomic E-state index is -0.511. The van der Waals surface area contributed by atoms with Crippen LogP contribution in [0.5, 0.6) is 0 Å². The first-order chi connectivity index (χ1) is 16.4. The van der Waals surface area contributed by atoms with Gasteiger partial charge in [0.1, 0.15) is 17.2 Å². The van der Waals surface area contributed by atoms with E-state index >= 15 is 0 Å². The number of halogens is 1. The molecule has 0 aliphatic heterocycles. The summed E-state index contributed by atoms with van der Waals surface area (Å²) in [5.41, 5.74) is 9.95. The van der Waals surface area contributed by atoms with Crippen LogP contribution >= 0.6 is 0 Å². The second kappa shape index (κ2) is 8.50. The molecular weight excluding hydrogens is 439 g/mol. The maximum Gasteiger partial charge on any atom is 0.274 e. The second-order valence-corrected chi connectivity index (χ2v) is 8.21. The molecule has 0 saturated heterocycles. The number of tetrazole rings is 1. The van der Waals surface area contributed by atoms with E-state index in [1.807, 2.05) is 12.1 Å². The van der Waals surface area contributed by atoms with Crippen LogP contribution in [-0.4, -0.2) is 36.8 Å². The summed E-state index contributed by atoms with van der Waals surface area (Å²) in [6.07, 6.45) is 1.54. The smallest absolute Gasteiger partial charge is 0.274 e. The number of anilines is 1. The largest absolute Gasteiger partial charge is 0.399 e. The predicted molar refractivity (Wildman–Crippen MR) is 120 cm³/mol. The summed E-state index contributed by atoms with van der Waals surface area (Å²) in [5.74, 6) is -1.23. The molecule has 1 atom stereocenters. The number of amides is 2. The summed E-state index contributed by atoms with van der Waals surface area (Å²) in [6, 6.07) is 11.4. The lowest BCUT2D eigenvalue weighted by molar-refractivity contribution is 0.0928. The number of fused-ring (bicyclic) bond motifs is 2. The molecule has 2 heterocycles. The van der Waals surface area contributed by atoms with Gasteiger partial charge in [0.25, 0.3) is 17.6 Å². The number of hydrogen-bond acceptors (Lipinski definition) is 7. The lowest BCUT2D eigenvalue weighted by Crippen LogP contribution is -2.30. The maximum atomic E-state index is 13.5. The van der Waals surface area contributed by atoms with Crippen molar-refractivity contribution in [2.45, 2.75) is 32.4 Å². The normalized spacial score (nSPS) is 14.7. The van der Waals surface area contributed by atoms with E-state index in [1.54, 1.807) is 25.1 Å². The number of nitrogens with two attached hydrogens (primary N) is 1. The van der Waals surface area contributed by atoms with Crippen molar-refractivity contribution in [1.29, 1.82) is 0 Å². The maximum absolute atomic E-state index is 13.5. The van der Waals surface area contributed by atoms with Crippen LogP contribution in [-0.2, 0) is 13.0 Å². The highest BCUT2D eigenvalue weighted by Gasteiger charge is 2.26. The van der Waals surface area contributed by atoms with E-state index in [2.05, 4.69) is 31.1 Å². The Hall–Kier alpha value is -4.41. The third-order valence-corrected chi connectivity index (χ3v) is 5.87. The number of nitrogens with one attached hydrogen (secondary N) is 2. The fraction of sp³-hybridized carbons (Fsp3) is 0.217. The van der Waals surface area contributed by atoms with Gasteiger partial charge in [-0.2, -0.15) is 4.52 Å². The molecule has 5 rings (SSSR count). The Bertz CT molecular complexity index is 1430. The Morgan fingerprint density at radius 2 is 2.03 bits per heavy atom. The van der Waals surface area contributed by atoms with Crippen LogP contribution in [0.4, 0.5) is 10.1 Å². The van der Waals surface area contributed by atoms with Crippen LogP contribution in [0, 0.1) is 12.7 Å². The van der Waals surface area contributed by atoms with Crippen molar-refractivity contribution in [3.05, 3.63) is 81.9 Å². The number of carbonyl (C=O) groups is 2. The average Bonchev–Trinajstić information content (AvgIpc) is 3.45. The molecule has 2 aromatic heterocycles. The fourth-order valence-electron chi connectivity index (χ4n) is 4.13. The zero-order valence-corrected chi connectivity index (χ0v) is 18.2. The first kappa shape index (κ1) is 21.4. The van der Waals surface area contributed by atoms with Gasteiger partial charge >= 0.3 is 0 Å². The van der Waals surface area contributed by atoms with Gasteiger partial charge in [0.2, 0.25) is 0 Å². The molecule has 0 saturated carbocycles. The molecule has 4 aromatic rings. The summed E-state index contributed by atoms with van der Waals surface area (Å²) < 4.78 is 14.7. The fourth-order valence-corrected chi connectivity index (χ4v) is 4.13. The molecule has 1 aliphatic carbocycles. The highest BCUT2D eigenvalue weighted by atomic mass is 19.1. The van der Waals surface area contributed by atoms with E-state index in [-0.39, 0.29) is 35.6 Å². The first-order valence-electron chi connectivity index (χ1n) is 10.7. The van der Waals surface area contributed by atoms with Crippen LogP contribution < -0.4 is 16.4 Å². The van der Waals surface area contributed by atoms with Gasteiger partial charge < -0.3 is 16.4 Å². The van der Waals surface area contributed by atoms with E-state index in [0.29, 0.717) is 11.3 Å². The summed E-state index contributed by atoms with van der Waals surface area (Å²) >= 11 is 0. The third-order valence-electron chi connectivity index (χ3n) is 5.87. The SMILES string of the molecule is Cc1cc(CNC(=O)c2cc(C(=O)N[C@H]3CCc4cc(N)ccc43)n3nnnc3n2)ccc1F. The molecule has 2 aromatic carbocycles. The molecule has 1 aliphatic rings. The molecular formula is C23H21FN8O2. The first-order valence-corrected chi connectivity index (χ1v) is 10.7. The molecule has 2 amide bonds. The van der Waals surface area contributed by atoms with Crippen molar-refractivity contribution < 1.29 is 14.0 Å². The number of nitrogen functional groups attached to an aromatic ring is 1. The minimum Gasteiger partial charge on any atom is -0.399 e. The Kier molecular flexibility index (Phi) is 5.36. The monoisotopic (exact) mass is 460 g/mol. The Labute approximate surface area is 193 Å². The summed E-state index contributed by atoms with van der Waals surface area (Å²) in [5, 5.41) is 16.9. The van der Waals surface area contributed by atoms with Gasteiger partial charge in [-0.15, -0.1) is 0 Å². The van der Waals surface area contributed by atoms with Crippen LogP contribution in [0.2, 0.25) is 0 Å². The van der Waals surface area contributed by atoms with Crippen molar-refractivity contribution in [3.8, 4) is 0 Å². The molecule has 4 N–H and O–H groups in total. The number of aromatic nitrogens is 5. The van der Waals surface area contributed by atoms with Crippen LogP contribution in [0.15, 0.2) is 42.5 Å². The van der Waals surface area contributed by atoms with Crippen molar-refractivity contribution in [1.82, 2.24) is 35.7 Å². The van der Waals surface area contributed by atoms with E-state index in [4.69, 9.17) is 5.73 Å². The summed E-state index contributed by atoms with van der Waals surface area (Å²) in [6.45, 7) is 1.82. The molecule has 0 radical (unpaired) electrons. The number of nitrogens with zero attached hydrogens (tertiary/aromatic N) is 5. The number of hydrogen-bond donors (Lipinski definition) is 3. The summed E-state index contributed by atoms with van der Waals surface area (Å²) in [7, 11) is 0. The van der Waals surface area contributed by atoms with Gasteiger partial charge in [0, 0.05) is 18.3 Å². The van der Waals surface area contributed by atoms with Gasteiger partial charge in [-0.25, -0.2) is 9.37 Å². The number of aryl methyl sites for hydroxylation is 2. The molecule has 10 nitrogen and oxygen atoms in total. The van der Waals surface area contributed by atoms with Gasteiger partial charge in [0.05, 0.1) is 6.04 Å². The highest BCUT2D eigenvalue weighted by Crippen LogP contribution is 2.32. The van der Waals surface area contributed by atoms with E-state index < -0.39 is 11.8 Å². The van der Waals surface area contributed by atoms with Crippen LogP contribution in [0.25, 0.3) is 5.78 Å². The van der Waals surface area contributed by atoms with E-state index in [9.17, 15) is 14.0 Å². The number of rotatable bonds is 5. The molecule has 172 valence electrons. The van der Waals surface area contributed by atoms with Crippen molar-refractivity contribution in [3.63, 3.8) is 0 Å². The third kappa shape index (κ3) is 4.03. The average molecular weight is 460 g/mol. The molecule has 0 bridgehead atoms. The van der Waals surface area contributed by atoms with Crippen LogP contribution in [0.3, 0.4) is 0 Å². The molecule has 0 spiro atoms. The molecule has 34 heavy (non-hydrogen) atoms. The standard InChI is InChI=1S/C23H21FN8O2/c1-12-8-13(2-6-17(12)24)11-26-21(33)19-10-20(32-23(28-19)29-30-31-32)22(34)27-18-7-3-14-9-15(25)4-5-16(14)18/h2,4-6,8-10,18H,3,7,11,25H2,1H3,(H,26,33)(H,27,34)/t18-/m0/s1. The number of benzene rings is 2. The zero-order chi connectivity index (χ0) is 23.8. The van der Waals surface area contributed by atoms with Crippen molar-refractivity contribution in [2.24, 2.45) is 0 Å². The topological polar surface area (TPSA) is 140 Å². The van der Waals surface area contributed by atoms with Gasteiger partial charge in [0.15, 0.2) is 0 Å². The Morgan fingerprint density at radius 3 is 2.85 bits per heavy atom. The second-order valence-electron chi connectivity index (χ2n) is 8.21. The van der Waals surface area contributed by atoms with Crippen LogP contribution in [0.1, 0.15) is 55.7 Å². The Balaban J connectivity index is 1.37. The van der Waals surface area contributed by atoms with Gasteiger partial charge in [-0.05, 0) is 70.6 Å². The molecule has 11 heteroatoms.